The van der Waals surface area contributed by atoms with Crippen LogP contribution in [0, 0.1) is 11.6 Å². The summed E-state index contributed by atoms with van der Waals surface area (Å²) in [6.45, 7) is 1.71. The number of hydrogen-bond donors (Lipinski definition) is 1. The zero-order valence-corrected chi connectivity index (χ0v) is 6.85. The SMILES string of the molecule is C[C@H](N)Cc1c(F)cccc1F. The Morgan fingerprint density at radius 3 is 2.25 bits per heavy atom. The van der Waals surface area contributed by atoms with Crippen molar-refractivity contribution in [1.29, 1.82) is 0 Å². The van der Waals surface area contributed by atoms with E-state index in [9.17, 15) is 8.78 Å². The highest BCUT2D eigenvalue weighted by molar-refractivity contribution is 5.20. The lowest BCUT2D eigenvalue weighted by Crippen LogP contribution is -2.19. The molecule has 0 amide bonds. The minimum atomic E-state index is -0.521. The summed E-state index contributed by atoms with van der Waals surface area (Å²) in [5.74, 6) is -1.04. The highest BCUT2D eigenvalue weighted by atomic mass is 19.1. The molecule has 0 radical (unpaired) electrons. The Morgan fingerprint density at radius 2 is 1.83 bits per heavy atom. The number of benzene rings is 1. The van der Waals surface area contributed by atoms with Crippen molar-refractivity contribution >= 4 is 0 Å². The molecular formula is C9H11F2N. The molecule has 0 aliphatic rings. The van der Waals surface area contributed by atoms with Crippen LogP contribution in [0.5, 0.6) is 0 Å². The Hall–Kier alpha value is -0.960. The van der Waals surface area contributed by atoms with Crippen molar-refractivity contribution in [2.24, 2.45) is 5.73 Å². The molecule has 0 aliphatic heterocycles. The van der Waals surface area contributed by atoms with Crippen LogP contribution < -0.4 is 5.73 Å². The van der Waals surface area contributed by atoms with Crippen LogP contribution in [0.15, 0.2) is 18.2 Å². The van der Waals surface area contributed by atoms with Crippen LogP contribution in [-0.2, 0) is 6.42 Å². The quantitative estimate of drug-likeness (QED) is 0.722. The lowest BCUT2D eigenvalue weighted by Gasteiger charge is -2.06. The van der Waals surface area contributed by atoms with E-state index >= 15 is 0 Å². The topological polar surface area (TPSA) is 26.0 Å². The van der Waals surface area contributed by atoms with Crippen molar-refractivity contribution < 1.29 is 8.78 Å². The number of nitrogens with two attached hydrogens (primary N) is 1. The zero-order chi connectivity index (χ0) is 9.14. The first-order valence-electron chi connectivity index (χ1n) is 3.79. The van der Waals surface area contributed by atoms with Gasteiger partial charge in [0.05, 0.1) is 0 Å². The van der Waals surface area contributed by atoms with Gasteiger partial charge in [-0.25, -0.2) is 8.78 Å². The minimum absolute atomic E-state index is 0.0764. The fourth-order valence-electron chi connectivity index (χ4n) is 1.05. The van der Waals surface area contributed by atoms with Gasteiger partial charge in [0.25, 0.3) is 0 Å². The van der Waals surface area contributed by atoms with Crippen molar-refractivity contribution in [1.82, 2.24) is 0 Å². The highest BCUT2D eigenvalue weighted by Crippen LogP contribution is 2.13. The van der Waals surface area contributed by atoms with Gasteiger partial charge in [-0.05, 0) is 25.5 Å². The maximum Gasteiger partial charge on any atom is 0.129 e. The van der Waals surface area contributed by atoms with Gasteiger partial charge in [0.1, 0.15) is 11.6 Å². The average molecular weight is 171 g/mol. The molecule has 12 heavy (non-hydrogen) atoms. The predicted molar refractivity (Wildman–Crippen MR) is 43.7 cm³/mol. The summed E-state index contributed by atoms with van der Waals surface area (Å²) in [6, 6.07) is 3.59. The van der Waals surface area contributed by atoms with Gasteiger partial charge in [-0.3, -0.25) is 0 Å². The lowest BCUT2D eigenvalue weighted by atomic mass is 10.1. The van der Waals surface area contributed by atoms with Crippen molar-refractivity contribution in [3.05, 3.63) is 35.4 Å². The summed E-state index contributed by atoms with van der Waals surface area (Å²) < 4.78 is 25.8. The van der Waals surface area contributed by atoms with E-state index < -0.39 is 11.6 Å². The molecule has 1 nitrogen and oxygen atoms in total. The fraction of sp³-hybridized carbons (Fsp3) is 0.333. The molecule has 66 valence electrons. The molecule has 0 unspecified atom stereocenters. The molecule has 1 aromatic rings. The smallest absolute Gasteiger partial charge is 0.129 e. The molecule has 0 aliphatic carbocycles. The average Bonchev–Trinajstić information content (AvgIpc) is 1.97. The van der Waals surface area contributed by atoms with E-state index in [1.54, 1.807) is 6.92 Å². The Kier molecular flexibility index (Phi) is 2.76. The summed E-state index contributed by atoms with van der Waals surface area (Å²) in [5.41, 5.74) is 5.51. The molecule has 0 fully saturated rings. The van der Waals surface area contributed by atoms with Gasteiger partial charge in [-0.2, -0.15) is 0 Å². The second kappa shape index (κ2) is 3.63. The third-order valence-electron chi connectivity index (χ3n) is 1.59. The van der Waals surface area contributed by atoms with Gasteiger partial charge in [0.2, 0.25) is 0 Å². The molecule has 0 saturated carbocycles. The largest absolute Gasteiger partial charge is 0.328 e. The second-order valence-corrected chi connectivity index (χ2v) is 2.88. The Morgan fingerprint density at radius 1 is 1.33 bits per heavy atom. The van der Waals surface area contributed by atoms with E-state index in [2.05, 4.69) is 0 Å². The summed E-state index contributed by atoms with van der Waals surface area (Å²) in [7, 11) is 0. The molecule has 1 rings (SSSR count). The van der Waals surface area contributed by atoms with E-state index in [0.717, 1.165) is 0 Å². The Labute approximate surface area is 70.2 Å². The van der Waals surface area contributed by atoms with Crippen molar-refractivity contribution in [2.75, 3.05) is 0 Å². The fourth-order valence-corrected chi connectivity index (χ4v) is 1.05. The summed E-state index contributed by atoms with van der Waals surface area (Å²) in [4.78, 5) is 0. The maximum atomic E-state index is 12.9. The molecule has 1 aromatic carbocycles. The molecule has 2 N–H and O–H groups in total. The predicted octanol–water partition coefficient (Wildman–Crippen LogP) is 1.85. The van der Waals surface area contributed by atoms with E-state index in [0.29, 0.717) is 0 Å². The molecular weight excluding hydrogens is 160 g/mol. The number of rotatable bonds is 2. The van der Waals surface area contributed by atoms with E-state index in [1.807, 2.05) is 0 Å². The van der Waals surface area contributed by atoms with Crippen molar-refractivity contribution in [2.45, 2.75) is 19.4 Å². The van der Waals surface area contributed by atoms with Crippen LogP contribution in [-0.4, -0.2) is 6.04 Å². The molecule has 0 spiro atoms. The van der Waals surface area contributed by atoms with Crippen LogP contribution in [0.1, 0.15) is 12.5 Å². The third-order valence-corrected chi connectivity index (χ3v) is 1.59. The zero-order valence-electron chi connectivity index (χ0n) is 6.85. The van der Waals surface area contributed by atoms with Crippen LogP contribution in [0.3, 0.4) is 0 Å². The van der Waals surface area contributed by atoms with Crippen LogP contribution in [0.2, 0.25) is 0 Å². The van der Waals surface area contributed by atoms with Gasteiger partial charge < -0.3 is 5.73 Å². The van der Waals surface area contributed by atoms with Gasteiger partial charge in [-0.15, -0.1) is 0 Å². The molecule has 3 heteroatoms. The van der Waals surface area contributed by atoms with Crippen molar-refractivity contribution in [3.8, 4) is 0 Å². The maximum absolute atomic E-state index is 12.9. The molecule has 0 heterocycles. The monoisotopic (exact) mass is 171 g/mol. The second-order valence-electron chi connectivity index (χ2n) is 2.88. The van der Waals surface area contributed by atoms with Gasteiger partial charge in [0.15, 0.2) is 0 Å². The standard InChI is InChI=1S/C9H11F2N/c1-6(12)5-7-8(10)3-2-4-9(7)11/h2-4,6H,5,12H2,1H3/t6-/m0/s1. The van der Waals surface area contributed by atoms with Gasteiger partial charge in [0, 0.05) is 11.6 Å². The van der Waals surface area contributed by atoms with Crippen LogP contribution >= 0.6 is 0 Å². The highest BCUT2D eigenvalue weighted by Gasteiger charge is 2.09. The molecule has 0 aromatic heterocycles. The Balaban J connectivity index is 2.96. The normalized spacial score (nSPS) is 13.0. The molecule has 0 bridgehead atoms. The van der Waals surface area contributed by atoms with E-state index in [1.165, 1.54) is 18.2 Å². The van der Waals surface area contributed by atoms with Crippen LogP contribution in [0.25, 0.3) is 0 Å². The minimum Gasteiger partial charge on any atom is -0.328 e. The molecule has 1 atom stereocenters. The first-order valence-corrected chi connectivity index (χ1v) is 3.79. The summed E-state index contributed by atoms with van der Waals surface area (Å²) >= 11 is 0. The van der Waals surface area contributed by atoms with Crippen LogP contribution in [0.4, 0.5) is 8.78 Å². The number of hydrogen-bond acceptors (Lipinski definition) is 1. The first-order chi connectivity index (χ1) is 5.61. The van der Waals surface area contributed by atoms with Crippen molar-refractivity contribution in [3.63, 3.8) is 0 Å². The third kappa shape index (κ3) is 2.01. The summed E-state index contributed by atoms with van der Waals surface area (Å²) in [5, 5.41) is 0. The van der Waals surface area contributed by atoms with Gasteiger partial charge >= 0.3 is 0 Å². The van der Waals surface area contributed by atoms with Gasteiger partial charge in [-0.1, -0.05) is 6.07 Å². The van der Waals surface area contributed by atoms with E-state index in [4.69, 9.17) is 5.73 Å². The van der Waals surface area contributed by atoms with E-state index in [-0.39, 0.29) is 18.0 Å². The first kappa shape index (κ1) is 9.13. The Bertz CT molecular complexity index is 251. The molecule has 0 saturated heterocycles. The number of halogens is 2. The lowest BCUT2D eigenvalue weighted by molar-refractivity contribution is 0.542. The summed E-state index contributed by atoms with van der Waals surface area (Å²) in [6.07, 6.45) is 0.235.